The van der Waals surface area contributed by atoms with Gasteiger partial charge >= 0.3 is 29.8 Å². The van der Waals surface area contributed by atoms with Gasteiger partial charge in [0.25, 0.3) is 0 Å². The summed E-state index contributed by atoms with van der Waals surface area (Å²) in [5.74, 6) is -7.82. The maximum atomic E-state index is 13.3. The van der Waals surface area contributed by atoms with Crippen LogP contribution in [0, 0.1) is 11.8 Å². The number of carboxylic acids is 2. The summed E-state index contributed by atoms with van der Waals surface area (Å²) in [5, 5.41) is 30.0. The van der Waals surface area contributed by atoms with Crippen LogP contribution in [0.3, 0.4) is 0 Å². The van der Waals surface area contributed by atoms with E-state index in [1.165, 1.54) is 45.6 Å². The van der Waals surface area contributed by atoms with Crippen LogP contribution in [0.4, 0.5) is 4.79 Å². The molecule has 0 radical (unpaired) electrons. The van der Waals surface area contributed by atoms with E-state index < -0.39 is 102 Å². The number of benzene rings is 1. The third-order valence-corrected chi connectivity index (χ3v) is 15.5. The molecule has 5 heterocycles. The Kier molecular flexibility index (Phi) is 10.5. The topological polar surface area (TPSA) is 276 Å². The van der Waals surface area contributed by atoms with E-state index in [0.717, 1.165) is 4.90 Å². The van der Waals surface area contributed by atoms with Crippen LogP contribution < -0.4 is 10.6 Å². The molecule has 6 amide bonds. The highest BCUT2D eigenvalue weighted by Crippen LogP contribution is 2.54. The molecule has 300 valence electrons. The number of sulfone groups is 1. The molecular formula is C34H40N8O12S2. The number of imide groups is 1. The number of nitrogens with zero attached hydrogens (tertiary/aromatic N) is 6. The first-order valence-corrected chi connectivity index (χ1v) is 20.0. The number of rotatable bonds is 9. The van der Waals surface area contributed by atoms with Crippen molar-refractivity contribution in [3.05, 3.63) is 48.3 Å². The largest absolute Gasteiger partial charge is 0.481 e. The minimum atomic E-state index is -3.72. The number of amides is 6. The molecule has 20 nitrogen and oxygen atoms in total. The Labute approximate surface area is 324 Å². The van der Waals surface area contributed by atoms with E-state index in [2.05, 4.69) is 20.9 Å². The number of carbonyl (C=O) groups is 8. The van der Waals surface area contributed by atoms with Crippen molar-refractivity contribution in [3.63, 3.8) is 0 Å². The molecule has 8 atom stereocenters. The van der Waals surface area contributed by atoms with Crippen molar-refractivity contribution in [2.45, 2.75) is 78.9 Å². The molecule has 1 aromatic heterocycles. The van der Waals surface area contributed by atoms with Gasteiger partial charge in [0.05, 0.1) is 23.9 Å². The second-order valence-corrected chi connectivity index (χ2v) is 19.1. The number of aromatic nitrogens is 3. The predicted octanol–water partition coefficient (Wildman–Crippen LogP) is -1.12. The van der Waals surface area contributed by atoms with Gasteiger partial charge in [0.2, 0.25) is 11.8 Å². The van der Waals surface area contributed by atoms with Gasteiger partial charge in [-0.1, -0.05) is 35.5 Å². The number of urea groups is 1. The molecule has 1 aromatic carbocycles. The van der Waals surface area contributed by atoms with Crippen molar-refractivity contribution in [2.75, 3.05) is 19.6 Å². The lowest BCUT2D eigenvalue weighted by Crippen LogP contribution is -2.71. The van der Waals surface area contributed by atoms with Crippen molar-refractivity contribution in [3.8, 4) is 0 Å². The Balaban J connectivity index is 0.000000223. The first-order valence-electron chi connectivity index (χ1n) is 17.6. The molecule has 2 aromatic rings. The summed E-state index contributed by atoms with van der Waals surface area (Å²) in [5.41, 5.74) is 0.403. The van der Waals surface area contributed by atoms with Crippen molar-refractivity contribution in [1.29, 1.82) is 0 Å². The Bertz CT molecular complexity index is 2100. The Morgan fingerprint density at radius 3 is 2.25 bits per heavy atom. The molecule has 4 aliphatic heterocycles. The van der Waals surface area contributed by atoms with Gasteiger partial charge < -0.3 is 30.6 Å². The zero-order valence-electron chi connectivity index (χ0n) is 30.6. The van der Waals surface area contributed by atoms with E-state index in [9.17, 15) is 57.0 Å². The highest BCUT2D eigenvalue weighted by Gasteiger charge is 2.71. The van der Waals surface area contributed by atoms with Gasteiger partial charge in [0.15, 0.2) is 9.84 Å². The van der Waals surface area contributed by atoms with Crippen molar-refractivity contribution < 1.29 is 57.0 Å². The number of likely N-dealkylation sites (N-methyl/N-ethyl adjacent to an activating group) is 1. The van der Waals surface area contributed by atoms with Gasteiger partial charge in [0.1, 0.15) is 34.0 Å². The number of carbonyl (C=O) groups excluding carboxylic acids is 6. The molecule has 22 heteroatoms. The molecule has 0 bridgehead atoms. The monoisotopic (exact) mass is 816 g/mol. The summed E-state index contributed by atoms with van der Waals surface area (Å²) >= 11 is 1.28. The first-order chi connectivity index (χ1) is 26.3. The lowest BCUT2D eigenvalue weighted by Gasteiger charge is -2.44. The van der Waals surface area contributed by atoms with E-state index >= 15 is 0 Å². The highest BCUT2D eigenvalue weighted by atomic mass is 32.2. The third kappa shape index (κ3) is 6.56. The van der Waals surface area contributed by atoms with Crippen LogP contribution in [0.5, 0.6) is 0 Å². The Morgan fingerprint density at radius 2 is 1.68 bits per heavy atom. The number of carboxylic acid groups (broad SMARTS) is 2. The summed E-state index contributed by atoms with van der Waals surface area (Å²) in [6.45, 7) is 6.94. The summed E-state index contributed by atoms with van der Waals surface area (Å²) in [4.78, 5) is 102. The van der Waals surface area contributed by atoms with Crippen LogP contribution in [-0.2, 0) is 49.9 Å². The van der Waals surface area contributed by atoms with Crippen LogP contribution in [0.15, 0.2) is 42.7 Å². The number of nitrogens with one attached hydrogen (secondary N) is 2. The fourth-order valence-electron chi connectivity index (χ4n) is 8.06. The lowest BCUT2D eigenvalue weighted by molar-refractivity contribution is -0.161. The third-order valence-electron chi connectivity index (χ3n) is 11.0. The van der Waals surface area contributed by atoms with E-state index in [1.807, 2.05) is 0 Å². The molecule has 4 saturated heterocycles. The Hall–Kier alpha value is -5.38. The van der Waals surface area contributed by atoms with E-state index in [1.54, 1.807) is 51.1 Å². The quantitative estimate of drug-likeness (QED) is 0.172. The summed E-state index contributed by atoms with van der Waals surface area (Å²) in [6, 6.07) is 4.11. The van der Waals surface area contributed by atoms with Crippen LogP contribution >= 0.6 is 11.8 Å². The average Bonchev–Trinajstić information content (AvgIpc) is 3.78. The highest BCUT2D eigenvalue weighted by molar-refractivity contribution is 8.01. The molecule has 0 spiro atoms. The van der Waals surface area contributed by atoms with E-state index in [4.69, 9.17) is 0 Å². The average molecular weight is 817 g/mol. The number of β-lactam (4-membered cyclic amide) rings is 1. The van der Waals surface area contributed by atoms with Gasteiger partial charge in [-0.15, -0.1) is 16.9 Å². The molecular weight excluding hydrogens is 777 g/mol. The predicted molar refractivity (Wildman–Crippen MR) is 193 cm³/mol. The maximum absolute atomic E-state index is 13.3. The van der Waals surface area contributed by atoms with Crippen molar-refractivity contribution in [1.82, 2.24) is 40.3 Å². The maximum Gasteiger partial charge on any atom is 0.327 e. The molecule has 5 aliphatic rings. The lowest BCUT2D eigenvalue weighted by atomic mass is 9.70. The normalized spacial score (nSPS) is 30.2. The van der Waals surface area contributed by atoms with Gasteiger partial charge in [-0.05, 0) is 33.3 Å². The van der Waals surface area contributed by atoms with Gasteiger partial charge in [-0.25, -0.2) is 18.0 Å². The van der Waals surface area contributed by atoms with Gasteiger partial charge in [-0.3, -0.25) is 38.3 Å². The van der Waals surface area contributed by atoms with E-state index in [0.29, 0.717) is 12.1 Å². The SMILES string of the molecule is CCN1CCN(C(=O)NC(C(=O)N[C@@H]2C(=O)N3[C@@H]2SC(C)(C)[C@@H]3C(=O)O)c2ccccc2)C(=O)C1=O.C[C@]1(Cn2ccnn2)[C@H](C(=O)O)C2C(=O)CC2S1(=O)=O. The second kappa shape index (κ2) is 14.6. The Morgan fingerprint density at radius 1 is 1.00 bits per heavy atom. The molecule has 3 unspecified atom stereocenters. The number of aliphatic carboxylic acids is 2. The standard InChI is InChI=1S/C23H27N5O7S.C11H13N3O5S/c1-4-26-10-11-27(19(32)18(26)31)22(35)25-13(12-8-6-5-7-9-12)16(29)24-14-17(30)28-15(21(33)34)23(2,3)36-20(14)28;1-11(5-14-3-2-12-13-14)9(10(16)17)8-6(15)4-7(8)20(11,18)19/h5-9,13-15,20H,4,10-11H2,1-3H3,(H,24,29)(H,25,35)(H,33,34);2-3,7-9H,4-5H2,1H3,(H,16,17)/t13?,14-,15+,20-;7?,8?,9-,11-/m10/s1. The van der Waals surface area contributed by atoms with Crippen LogP contribution in [0.25, 0.3) is 0 Å². The van der Waals surface area contributed by atoms with Crippen molar-refractivity contribution in [2.24, 2.45) is 11.8 Å². The van der Waals surface area contributed by atoms with Crippen LogP contribution in [0.1, 0.15) is 45.7 Å². The number of piperazine rings is 1. The number of hydrogen-bond donors (Lipinski definition) is 4. The van der Waals surface area contributed by atoms with E-state index in [-0.39, 0.29) is 31.8 Å². The summed E-state index contributed by atoms with van der Waals surface area (Å²) in [7, 11) is -3.72. The summed E-state index contributed by atoms with van der Waals surface area (Å²) < 4.78 is 24.2. The minimum Gasteiger partial charge on any atom is -0.481 e. The molecule has 1 saturated carbocycles. The number of Topliss-reactive ketones (excluding diaryl/α,β-unsaturated/α-hetero) is 1. The zero-order chi connectivity index (χ0) is 41.1. The second-order valence-electron chi connectivity index (χ2n) is 14.7. The van der Waals surface area contributed by atoms with Crippen molar-refractivity contribution >= 4 is 69.0 Å². The number of fused-ring (bicyclic) bond motifs is 2. The molecule has 1 aliphatic carbocycles. The molecule has 7 rings (SSSR count). The molecule has 56 heavy (non-hydrogen) atoms. The molecule has 4 N–H and O–H groups in total. The van der Waals surface area contributed by atoms with Gasteiger partial charge in [0, 0.05) is 42.9 Å². The smallest absolute Gasteiger partial charge is 0.327 e. The van der Waals surface area contributed by atoms with Crippen LogP contribution in [0.2, 0.25) is 0 Å². The zero-order valence-corrected chi connectivity index (χ0v) is 32.2. The fourth-order valence-corrected chi connectivity index (χ4v) is 12.4. The summed E-state index contributed by atoms with van der Waals surface area (Å²) in [6.07, 6.45) is 2.78. The number of ketones is 1. The first kappa shape index (κ1) is 40.3. The molecule has 5 fully saturated rings. The van der Waals surface area contributed by atoms with Crippen LogP contribution in [-0.4, -0.2) is 148 Å². The fraction of sp³-hybridized carbons (Fsp3) is 0.529. The minimum absolute atomic E-state index is 0.0200. The van der Waals surface area contributed by atoms with Gasteiger partial charge in [-0.2, -0.15) is 0 Å². The number of hydrogen-bond acceptors (Lipinski definition) is 13. The number of thioether (sulfide) groups is 1.